The van der Waals surface area contributed by atoms with Crippen LogP contribution in [0, 0.1) is 17.6 Å². The summed E-state index contributed by atoms with van der Waals surface area (Å²) < 4.78 is 71.0. The monoisotopic (exact) mass is 723 g/mol. The van der Waals surface area contributed by atoms with E-state index in [4.69, 9.17) is 9.47 Å². The predicted molar refractivity (Wildman–Crippen MR) is 177 cm³/mol. The van der Waals surface area contributed by atoms with E-state index in [9.17, 15) is 42.8 Å². The highest BCUT2D eigenvalue weighted by molar-refractivity contribution is 6.07. The molecule has 278 valence electrons. The van der Waals surface area contributed by atoms with E-state index in [0.717, 1.165) is 12.1 Å². The largest absolute Gasteiger partial charge is 0.432 e. The molecule has 0 bridgehead atoms. The maximum absolute atomic E-state index is 14.9. The first-order chi connectivity index (χ1) is 24.4. The van der Waals surface area contributed by atoms with Crippen LogP contribution in [0.2, 0.25) is 0 Å². The third-order valence-electron chi connectivity index (χ3n) is 8.38. The normalized spacial score (nSPS) is 20.8. The molecule has 1 saturated carbocycles. The minimum atomic E-state index is -3.33. The molecule has 17 heteroatoms. The average Bonchev–Trinajstić information content (AvgIpc) is 3.49. The molecule has 6 N–H and O–H groups in total. The number of hydrogen-bond acceptors (Lipinski definition) is 10. The quantitative estimate of drug-likeness (QED) is 0.0557. The number of nitrogens with zero attached hydrogens (tertiary/aromatic N) is 3. The minimum Gasteiger partial charge on any atom is -0.432 e. The van der Waals surface area contributed by atoms with Crippen LogP contribution in [0.5, 0.6) is 5.75 Å². The number of ether oxygens (including phenoxy) is 3. The average molecular weight is 724 g/mol. The number of nitrogens with one attached hydrogen (secondary N) is 2. The van der Waals surface area contributed by atoms with Crippen molar-refractivity contribution in [2.75, 3.05) is 38.3 Å². The fraction of sp³-hybridized carbons (Fsp3) is 0.441. The predicted octanol–water partition coefficient (Wildman–Crippen LogP) is 2.76. The molecule has 3 aromatic rings. The summed E-state index contributed by atoms with van der Waals surface area (Å²) in [6, 6.07) is 7.03. The van der Waals surface area contributed by atoms with Crippen molar-refractivity contribution in [1.82, 2.24) is 14.9 Å². The Morgan fingerprint density at radius 1 is 1.12 bits per heavy atom. The highest BCUT2D eigenvalue weighted by Crippen LogP contribution is 2.31. The Morgan fingerprint density at radius 2 is 1.88 bits per heavy atom. The van der Waals surface area contributed by atoms with E-state index in [1.165, 1.54) is 24.0 Å². The van der Waals surface area contributed by atoms with Gasteiger partial charge in [-0.1, -0.05) is 13.5 Å². The summed E-state index contributed by atoms with van der Waals surface area (Å²) in [7, 11) is 1.53. The van der Waals surface area contributed by atoms with Crippen molar-refractivity contribution >= 4 is 17.4 Å². The molecule has 1 aromatic heterocycles. The summed E-state index contributed by atoms with van der Waals surface area (Å²) in [5.74, 6) is -4.43. The standard InChI is InChI=1S/C34H41F4N5O8/c1-4-18-14-20(6-7-21(18)33(48)40-10-11-49-12-13-50-25-15-19(17-44)28(45)30(47)29(25)46)42-31(39-5-2)32-41-16-23(43(32)3)22-8-9-24(51-34(37)38)27(36)26(22)35/h5-9,14,16,19,25,28-30,34,44-47H,2,4,10-13,15,17H2,1,3H3,(H,39,42)(H,40,48)/t19-,25+,28+,29+,30+/m1/s1. The number of halogens is 4. The number of carbonyl (C=O) groups excluding carboxylic acids is 1. The van der Waals surface area contributed by atoms with Gasteiger partial charge in [0.1, 0.15) is 12.2 Å². The second-order valence-electron chi connectivity index (χ2n) is 11.6. The summed E-state index contributed by atoms with van der Waals surface area (Å²) in [5, 5.41) is 45.3. The first-order valence-corrected chi connectivity index (χ1v) is 16.1. The lowest BCUT2D eigenvalue weighted by Crippen LogP contribution is -2.55. The Morgan fingerprint density at radius 3 is 2.57 bits per heavy atom. The Balaban J connectivity index is 1.33. The van der Waals surface area contributed by atoms with E-state index in [1.807, 2.05) is 6.92 Å². The molecule has 2 aromatic carbocycles. The van der Waals surface area contributed by atoms with Crippen LogP contribution in [0.3, 0.4) is 0 Å². The molecular formula is C34H41F4N5O8. The van der Waals surface area contributed by atoms with Crippen LogP contribution in [0.25, 0.3) is 11.3 Å². The Hall–Kier alpha value is -4.39. The molecule has 1 heterocycles. The van der Waals surface area contributed by atoms with Crippen molar-refractivity contribution in [2.24, 2.45) is 18.0 Å². The van der Waals surface area contributed by atoms with Gasteiger partial charge in [0, 0.05) is 49.1 Å². The Bertz CT molecular complexity index is 1690. The lowest BCUT2D eigenvalue weighted by Gasteiger charge is -2.39. The summed E-state index contributed by atoms with van der Waals surface area (Å²) in [4.78, 5) is 21.5. The molecule has 1 aliphatic carbocycles. The number of imidazole rings is 1. The van der Waals surface area contributed by atoms with Gasteiger partial charge in [0.05, 0.1) is 43.9 Å². The number of hydrogen-bond donors (Lipinski definition) is 6. The number of amides is 1. The third kappa shape index (κ3) is 9.49. The Labute approximate surface area is 291 Å². The van der Waals surface area contributed by atoms with Crippen LogP contribution in [0.1, 0.15) is 35.1 Å². The zero-order chi connectivity index (χ0) is 37.2. The zero-order valence-corrected chi connectivity index (χ0v) is 27.9. The van der Waals surface area contributed by atoms with Gasteiger partial charge in [-0.05, 0) is 48.7 Å². The van der Waals surface area contributed by atoms with Gasteiger partial charge >= 0.3 is 6.61 Å². The van der Waals surface area contributed by atoms with Crippen LogP contribution in [-0.2, 0) is 22.9 Å². The number of amidine groups is 1. The van der Waals surface area contributed by atoms with Gasteiger partial charge in [0.25, 0.3) is 5.91 Å². The third-order valence-corrected chi connectivity index (χ3v) is 8.38. The number of aryl methyl sites for hydroxylation is 1. The van der Waals surface area contributed by atoms with E-state index in [1.54, 1.807) is 18.2 Å². The van der Waals surface area contributed by atoms with Crippen molar-refractivity contribution in [3.8, 4) is 17.0 Å². The summed E-state index contributed by atoms with van der Waals surface area (Å²) in [6.07, 6.45) is -1.53. The molecule has 51 heavy (non-hydrogen) atoms. The van der Waals surface area contributed by atoms with Crippen molar-refractivity contribution in [3.63, 3.8) is 0 Å². The molecule has 1 fully saturated rings. The highest BCUT2D eigenvalue weighted by Gasteiger charge is 2.42. The van der Waals surface area contributed by atoms with Gasteiger partial charge in [-0.3, -0.25) is 4.79 Å². The number of benzene rings is 2. The fourth-order valence-electron chi connectivity index (χ4n) is 5.68. The van der Waals surface area contributed by atoms with Gasteiger partial charge in [-0.2, -0.15) is 13.2 Å². The number of aliphatic imine (C=N–C) groups is 1. The minimum absolute atomic E-state index is 0.0867. The second kappa shape index (κ2) is 18.2. The molecule has 0 unspecified atom stereocenters. The summed E-state index contributed by atoms with van der Waals surface area (Å²) in [6.45, 7) is 2.41. The maximum Gasteiger partial charge on any atom is 0.387 e. The van der Waals surface area contributed by atoms with Crippen LogP contribution in [-0.4, -0.2) is 106 Å². The highest BCUT2D eigenvalue weighted by atomic mass is 19.3. The van der Waals surface area contributed by atoms with Crippen LogP contribution >= 0.6 is 0 Å². The topological polar surface area (TPSA) is 180 Å². The molecule has 5 atom stereocenters. The number of carbonyl (C=O) groups is 1. The van der Waals surface area contributed by atoms with Gasteiger partial charge < -0.3 is 49.8 Å². The smallest absolute Gasteiger partial charge is 0.387 e. The summed E-state index contributed by atoms with van der Waals surface area (Å²) >= 11 is 0. The first kappa shape index (κ1) is 39.4. The molecule has 0 radical (unpaired) electrons. The molecule has 4 rings (SSSR count). The van der Waals surface area contributed by atoms with E-state index in [-0.39, 0.29) is 68.2 Å². The Kier molecular flexibility index (Phi) is 14.1. The fourth-order valence-corrected chi connectivity index (χ4v) is 5.68. The maximum atomic E-state index is 14.9. The molecule has 0 saturated heterocycles. The van der Waals surface area contributed by atoms with Crippen LogP contribution in [0.15, 0.2) is 54.3 Å². The zero-order valence-electron chi connectivity index (χ0n) is 27.9. The van der Waals surface area contributed by atoms with Crippen molar-refractivity contribution < 1.29 is 57.0 Å². The van der Waals surface area contributed by atoms with Crippen LogP contribution in [0.4, 0.5) is 23.2 Å². The molecule has 0 spiro atoms. The number of alkyl halides is 2. The van der Waals surface area contributed by atoms with E-state index in [2.05, 4.69) is 31.9 Å². The lowest BCUT2D eigenvalue weighted by atomic mass is 9.81. The first-order valence-electron chi connectivity index (χ1n) is 16.1. The van der Waals surface area contributed by atoms with Gasteiger partial charge in [0.15, 0.2) is 23.2 Å². The summed E-state index contributed by atoms with van der Waals surface area (Å²) in [5.41, 5.74) is 1.55. The number of aliphatic hydroxyl groups is 4. The van der Waals surface area contributed by atoms with Crippen molar-refractivity contribution in [2.45, 2.75) is 50.8 Å². The van der Waals surface area contributed by atoms with E-state index >= 15 is 0 Å². The molecule has 1 amide bonds. The van der Waals surface area contributed by atoms with E-state index in [0.29, 0.717) is 23.2 Å². The number of anilines is 1. The molecule has 1 aliphatic rings. The molecular weight excluding hydrogens is 682 g/mol. The van der Waals surface area contributed by atoms with E-state index < -0.39 is 54.3 Å². The van der Waals surface area contributed by atoms with Gasteiger partial charge in [0.2, 0.25) is 5.82 Å². The van der Waals surface area contributed by atoms with Crippen LogP contribution < -0.4 is 15.4 Å². The van der Waals surface area contributed by atoms with Gasteiger partial charge in [-0.25, -0.2) is 14.4 Å². The number of aliphatic hydroxyl groups excluding tert-OH is 4. The number of rotatable bonds is 16. The number of aromatic nitrogens is 2. The molecule has 0 aliphatic heterocycles. The second-order valence-corrected chi connectivity index (χ2v) is 11.6. The van der Waals surface area contributed by atoms with Gasteiger partial charge in [-0.15, -0.1) is 0 Å². The SMILES string of the molecule is C=C/N=C(/Nc1ccc(C(=O)NCCOCCO[C@H]2C[C@H](CO)[C@H](O)[C@H](O)[C@H]2O)c(CC)c1)c1ncc(-c2ccc(OC(F)F)c(F)c2F)n1C. The van der Waals surface area contributed by atoms with Crippen molar-refractivity contribution in [3.05, 3.63) is 77.9 Å². The lowest BCUT2D eigenvalue weighted by molar-refractivity contribution is -0.180. The van der Waals surface area contributed by atoms with Crippen molar-refractivity contribution in [1.29, 1.82) is 0 Å². The molecule has 13 nitrogen and oxygen atoms in total.